The van der Waals surface area contributed by atoms with E-state index in [1.54, 1.807) is 0 Å². The first-order chi connectivity index (χ1) is 9.31. The van der Waals surface area contributed by atoms with Gasteiger partial charge in [0.2, 0.25) is 0 Å². The van der Waals surface area contributed by atoms with Crippen LogP contribution in [0.2, 0.25) is 0 Å². The first-order valence-electron chi connectivity index (χ1n) is 7.19. The molecule has 0 heterocycles. The van der Waals surface area contributed by atoms with Crippen molar-refractivity contribution >= 4 is 11.6 Å². The normalized spacial score (nSPS) is 16.0. The van der Waals surface area contributed by atoms with Crippen molar-refractivity contribution in [2.45, 2.75) is 32.1 Å². The second-order valence-corrected chi connectivity index (χ2v) is 5.30. The van der Waals surface area contributed by atoms with Gasteiger partial charge >= 0.3 is 0 Å². The van der Waals surface area contributed by atoms with Crippen LogP contribution in [0.5, 0.6) is 0 Å². The Morgan fingerprint density at radius 1 is 0.789 bits per heavy atom. The number of hydrogen-bond acceptors (Lipinski definition) is 0. The molecule has 1 aliphatic carbocycles. The summed E-state index contributed by atoms with van der Waals surface area (Å²) in [4.78, 5) is 0. The third kappa shape index (κ3) is 1.74. The Labute approximate surface area is 115 Å². The molecule has 0 fully saturated rings. The molecule has 0 aliphatic heterocycles. The molecule has 0 saturated carbocycles. The van der Waals surface area contributed by atoms with Gasteiger partial charge in [-0.05, 0) is 41.2 Å². The molecule has 2 aromatic carbocycles. The molecule has 3 rings (SSSR count). The van der Waals surface area contributed by atoms with Crippen LogP contribution in [0.25, 0.3) is 11.6 Å². The van der Waals surface area contributed by atoms with Gasteiger partial charge in [0.25, 0.3) is 0 Å². The molecule has 0 radical (unpaired) electrons. The molecule has 0 atom stereocenters. The Bertz CT molecular complexity index is 601. The maximum Gasteiger partial charge on any atom is 0.0209 e. The Hall–Kier alpha value is -1.82. The van der Waals surface area contributed by atoms with Crippen LogP contribution >= 0.6 is 0 Å². The molecule has 96 valence electrons. The standard InChI is InChI=1S/C19H20/c1-3-19(4-2)17-13-9-8-12-16(17)14-18(19)15-10-6-5-7-11-15/h5-14H,3-4H2,1-2H3. The molecule has 0 amide bonds. The Kier molecular flexibility index (Phi) is 3.02. The van der Waals surface area contributed by atoms with Gasteiger partial charge in [0, 0.05) is 5.41 Å². The molecular formula is C19H20. The van der Waals surface area contributed by atoms with Crippen LogP contribution in [0.15, 0.2) is 54.6 Å². The maximum atomic E-state index is 2.39. The summed E-state index contributed by atoms with van der Waals surface area (Å²) in [6.45, 7) is 4.62. The zero-order valence-corrected chi connectivity index (χ0v) is 11.7. The molecule has 1 aliphatic rings. The number of rotatable bonds is 3. The van der Waals surface area contributed by atoms with Gasteiger partial charge in [0.05, 0.1) is 0 Å². The minimum absolute atomic E-state index is 0.192. The van der Waals surface area contributed by atoms with E-state index in [9.17, 15) is 0 Å². The molecule has 0 aromatic heterocycles. The lowest BCUT2D eigenvalue weighted by Crippen LogP contribution is -2.23. The minimum atomic E-state index is 0.192. The summed E-state index contributed by atoms with van der Waals surface area (Å²) in [5, 5.41) is 0. The number of hydrogen-bond donors (Lipinski definition) is 0. The van der Waals surface area contributed by atoms with Crippen LogP contribution in [0.3, 0.4) is 0 Å². The third-order valence-electron chi connectivity index (χ3n) is 4.58. The predicted octanol–water partition coefficient (Wildman–Crippen LogP) is 5.30. The number of allylic oxidation sites excluding steroid dienone is 1. The van der Waals surface area contributed by atoms with Gasteiger partial charge in [-0.3, -0.25) is 0 Å². The van der Waals surface area contributed by atoms with Gasteiger partial charge in [0.1, 0.15) is 0 Å². The quantitative estimate of drug-likeness (QED) is 0.691. The Morgan fingerprint density at radius 2 is 1.42 bits per heavy atom. The molecule has 0 bridgehead atoms. The van der Waals surface area contributed by atoms with Gasteiger partial charge in [-0.15, -0.1) is 0 Å². The van der Waals surface area contributed by atoms with E-state index in [0.717, 1.165) is 12.8 Å². The first kappa shape index (κ1) is 12.2. The SMILES string of the molecule is CCC1(CC)C(c2ccccc2)=Cc2ccccc21. The van der Waals surface area contributed by atoms with Crippen molar-refractivity contribution < 1.29 is 0 Å². The molecule has 0 nitrogen and oxygen atoms in total. The van der Waals surface area contributed by atoms with Crippen LogP contribution < -0.4 is 0 Å². The minimum Gasteiger partial charge on any atom is -0.0642 e. The average molecular weight is 248 g/mol. The lowest BCUT2D eigenvalue weighted by molar-refractivity contribution is 0.522. The molecular weight excluding hydrogens is 228 g/mol. The molecule has 2 aromatic rings. The van der Waals surface area contributed by atoms with E-state index in [-0.39, 0.29) is 5.41 Å². The topological polar surface area (TPSA) is 0 Å². The summed E-state index contributed by atoms with van der Waals surface area (Å²) >= 11 is 0. The van der Waals surface area contributed by atoms with Crippen molar-refractivity contribution in [1.29, 1.82) is 0 Å². The van der Waals surface area contributed by atoms with E-state index in [2.05, 4.69) is 74.5 Å². The van der Waals surface area contributed by atoms with E-state index >= 15 is 0 Å². The van der Waals surface area contributed by atoms with Crippen molar-refractivity contribution in [1.82, 2.24) is 0 Å². The lowest BCUT2D eigenvalue weighted by Gasteiger charge is -2.32. The second-order valence-electron chi connectivity index (χ2n) is 5.30. The first-order valence-corrected chi connectivity index (χ1v) is 7.19. The van der Waals surface area contributed by atoms with Crippen LogP contribution in [0.4, 0.5) is 0 Å². The van der Waals surface area contributed by atoms with Gasteiger partial charge < -0.3 is 0 Å². The van der Waals surface area contributed by atoms with E-state index < -0.39 is 0 Å². The highest BCUT2D eigenvalue weighted by atomic mass is 14.4. The van der Waals surface area contributed by atoms with Crippen molar-refractivity contribution in [2.75, 3.05) is 0 Å². The van der Waals surface area contributed by atoms with E-state index in [4.69, 9.17) is 0 Å². The van der Waals surface area contributed by atoms with Crippen molar-refractivity contribution in [2.24, 2.45) is 0 Å². The third-order valence-corrected chi connectivity index (χ3v) is 4.58. The second kappa shape index (κ2) is 4.70. The predicted molar refractivity (Wildman–Crippen MR) is 83.0 cm³/mol. The molecule has 0 heteroatoms. The van der Waals surface area contributed by atoms with Crippen LogP contribution in [-0.4, -0.2) is 0 Å². The summed E-state index contributed by atoms with van der Waals surface area (Å²) in [5.74, 6) is 0. The smallest absolute Gasteiger partial charge is 0.0209 e. The highest BCUT2D eigenvalue weighted by Crippen LogP contribution is 2.50. The maximum absolute atomic E-state index is 2.39. The average Bonchev–Trinajstić information content (AvgIpc) is 2.83. The Balaban J connectivity index is 2.21. The van der Waals surface area contributed by atoms with Crippen LogP contribution in [-0.2, 0) is 5.41 Å². The molecule has 19 heavy (non-hydrogen) atoms. The van der Waals surface area contributed by atoms with Gasteiger partial charge in [-0.2, -0.15) is 0 Å². The molecule has 0 saturated heterocycles. The fraction of sp³-hybridized carbons (Fsp3) is 0.263. The largest absolute Gasteiger partial charge is 0.0642 e. The van der Waals surface area contributed by atoms with Gasteiger partial charge in [-0.25, -0.2) is 0 Å². The van der Waals surface area contributed by atoms with Gasteiger partial charge in [-0.1, -0.05) is 68.4 Å². The van der Waals surface area contributed by atoms with E-state index in [1.807, 2.05) is 0 Å². The van der Waals surface area contributed by atoms with Crippen LogP contribution in [0, 0.1) is 0 Å². The summed E-state index contributed by atoms with van der Waals surface area (Å²) in [6, 6.07) is 19.7. The lowest BCUT2D eigenvalue weighted by atomic mass is 9.71. The van der Waals surface area contributed by atoms with Crippen molar-refractivity contribution in [3.05, 3.63) is 71.3 Å². The number of benzene rings is 2. The van der Waals surface area contributed by atoms with Crippen molar-refractivity contribution in [3.8, 4) is 0 Å². The molecule has 0 unspecified atom stereocenters. The summed E-state index contributed by atoms with van der Waals surface area (Å²) < 4.78 is 0. The fourth-order valence-corrected chi connectivity index (χ4v) is 3.49. The number of fused-ring (bicyclic) bond motifs is 1. The highest BCUT2D eigenvalue weighted by Gasteiger charge is 2.38. The highest BCUT2D eigenvalue weighted by molar-refractivity contribution is 5.94. The zero-order chi connectivity index (χ0) is 13.3. The summed E-state index contributed by atoms with van der Waals surface area (Å²) in [5.41, 5.74) is 5.93. The van der Waals surface area contributed by atoms with E-state index in [0.29, 0.717) is 0 Å². The summed E-state index contributed by atoms with van der Waals surface area (Å²) in [7, 11) is 0. The van der Waals surface area contributed by atoms with Crippen LogP contribution in [0.1, 0.15) is 43.4 Å². The fourth-order valence-electron chi connectivity index (χ4n) is 3.49. The molecule has 0 spiro atoms. The monoisotopic (exact) mass is 248 g/mol. The Morgan fingerprint density at radius 3 is 2.11 bits per heavy atom. The van der Waals surface area contributed by atoms with Gasteiger partial charge in [0.15, 0.2) is 0 Å². The van der Waals surface area contributed by atoms with Crippen molar-refractivity contribution in [3.63, 3.8) is 0 Å². The summed E-state index contributed by atoms with van der Waals surface area (Å²) in [6.07, 6.45) is 4.69. The molecule has 0 N–H and O–H groups in total. The zero-order valence-electron chi connectivity index (χ0n) is 11.7. The van der Waals surface area contributed by atoms with E-state index in [1.165, 1.54) is 22.3 Å².